The third-order valence-corrected chi connectivity index (χ3v) is 2.32. The van der Waals surface area contributed by atoms with E-state index < -0.39 is 13.9 Å². The minimum absolute atomic E-state index is 0.108. The molecule has 0 atom stereocenters. The van der Waals surface area contributed by atoms with E-state index in [1.807, 2.05) is 0 Å². The molecule has 0 unspecified atom stereocenters. The zero-order valence-electron chi connectivity index (χ0n) is 9.11. The molecule has 0 saturated carbocycles. The number of nitrogen functional groups attached to an aromatic ring is 2. The predicted molar refractivity (Wildman–Crippen MR) is 62.0 cm³/mol. The molecule has 6 N–H and O–H groups in total. The first kappa shape index (κ1) is 13.9. The molecule has 0 saturated heterocycles. The van der Waals surface area contributed by atoms with E-state index in [1.165, 1.54) is 0 Å². The quantitative estimate of drug-likeness (QED) is 0.404. The number of aryl methyl sites for hydroxylation is 1. The average Bonchev–Trinajstić information content (AvgIpc) is 2.13. The maximum Gasteiger partial charge on any atom is 0.350 e. The summed E-state index contributed by atoms with van der Waals surface area (Å²) < 4.78 is 15.3. The van der Waals surface area contributed by atoms with Gasteiger partial charge in [-0.3, -0.25) is 4.57 Å². The summed E-state index contributed by atoms with van der Waals surface area (Å²) in [6.45, 7) is 0.231. The van der Waals surface area contributed by atoms with Gasteiger partial charge in [-0.1, -0.05) is 0 Å². The minimum atomic E-state index is -4.08. The third-order valence-electron chi connectivity index (χ3n) is 1.80. The molecule has 17 heavy (non-hydrogen) atoms. The van der Waals surface area contributed by atoms with Gasteiger partial charge < -0.3 is 26.0 Å². The van der Waals surface area contributed by atoms with E-state index in [4.69, 9.17) is 26.0 Å². The van der Waals surface area contributed by atoms with Crippen molar-refractivity contribution >= 4 is 19.4 Å². The molecule has 0 amide bonds. The second-order valence-electron chi connectivity index (χ2n) is 3.45. The summed E-state index contributed by atoms with van der Waals surface area (Å²) in [4.78, 5) is 24.8. The number of aromatic nitrogens is 2. The van der Waals surface area contributed by atoms with Crippen molar-refractivity contribution in [2.45, 2.75) is 12.8 Å². The van der Waals surface area contributed by atoms with Gasteiger partial charge in [-0.25, -0.2) is 4.98 Å². The molecule has 1 aromatic rings. The fraction of sp³-hybridized carbons (Fsp3) is 0.500. The van der Waals surface area contributed by atoms with Crippen LogP contribution in [0.3, 0.4) is 0 Å². The van der Waals surface area contributed by atoms with E-state index in [0.29, 0.717) is 24.4 Å². The first-order valence-electron chi connectivity index (χ1n) is 4.88. The minimum Gasteiger partial charge on any atom is -0.384 e. The third kappa shape index (κ3) is 6.18. The molecule has 1 aromatic heterocycles. The number of rotatable bonds is 6. The van der Waals surface area contributed by atoms with Crippen LogP contribution in [0.4, 0.5) is 11.8 Å². The van der Waals surface area contributed by atoms with Gasteiger partial charge in [0.15, 0.2) is 0 Å². The molecular weight excluding hydrogens is 247 g/mol. The molecule has 0 aromatic carbocycles. The SMILES string of the molecule is Nc1cc(CCCOCP(=O)(O)O)nc(N)n1. The fourth-order valence-electron chi connectivity index (χ4n) is 1.21. The monoisotopic (exact) mass is 262 g/mol. The zero-order valence-corrected chi connectivity index (χ0v) is 10.0. The van der Waals surface area contributed by atoms with Crippen LogP contribution in [0.1, 0.15) is 12.1 Å². The molecule has 96 valence electrons. The lowest BCUT2D eigenvalue weighted by Gasteiger charge is -2.06. The maximum atomic E-state index is 10.5. The van der Waals surface area contributed by atoms with Crippen LogP contribution in [-0.4, -0.2) is 32.7 Å². The van der Waals surface area contributed by atoms with Crippen LogP contribution in [0.5, 0.6) is 0 Å². The average molecular weight is 262 g/mol. The van der Waals surface area contributed by atoms with Crippen LogP contribution >= 0.6 is 7.60 Å². The van der Waals surface area contributed by atoms with Crippen molar-refractivity contribution in [3.05, 3.63) is 11.8 Å². The maximum absolute atomic E-state index is 10.5. The zero-order chi connectivity index (χ0) is 12.9. The van der Waals surface area contributed by atoms with Crippen molar-refractivity contribution in [1.29, 1.82) is 0 Å². The van der Waals surface area contributed by atoms with Gasteiger partial charge in [0.05, 0.1) is 0 Å². The molecule has 9 heteroatoms. The first-order chi connectivity index (χ1) is 7.87. The van der Waals surface area contributed by atoms with Crippen molar-refractivity contribution in [2.75, 3.05) is 24.4 Å². The molecule has 0 aliphatic carbocycles. The van der Waals surface area contributed by atoms with Crippen molar-refractivity contribution in [3.63, 3.8) is 0 Å². The number of ether oxygens (including phenoxy) is 1. The molecule has 0 radical (unpaired) electrons. The summed E-state index contributed by atoms with van der Waals surface area (Å²) in [6, 6.07) is 1.60. The normalized spacial score (nSPS) is 11.6. The molecule has 8 nitrogen and oxygen atoms in total. The summed E-state index contributed by atoms with van der Waals surface area (Å²) in [5, 5.41) is 0. The van der Waals surface area contributed by atoms with E-state index in [-0.39, 0.29) is 12.6 Å². The Balaban J connectivity index is 2.29. The van der Waals surface area contributed by atoms with E-state index >= 15 is 0 Å². The van der Waals surface area contributed by atoms with Gasteiger partial charge in [0.25, 0.3) is 0 Å². The van der Waals surface area contributed by atoms with Gasteiger partial charge >= 0.3 is 7.60 Å². The number of nitrogens with zero attached hydrogens (tertiary/aromatic N) is 2. The van der Waals surface area contributed by atoms with E-state index in [0.717, 1.165) is 0 Å². The highest BCUT2D eigenvalue weighted by molar-refractivity contribution is 7.51. The summed E-state index contributed by atoms with van der Waals surface area (Å²) in [7, 11) is -4.08. The van der Waals surface area contributed by atoms with Gasteiger partial charge in [-0.15, -0.1) is 0 Å². The topological polar surface area (TPSA) is 145 Å². The Morgan fingerprint density at radius 3 is 2.65 bits per heavy atom. The molecular formula is C8H15N4O4P. The van der Waals surface area contributed by atoms with Crippen LogP contribution in [0.2, 0.25) is 0 Å². The Hall–Kier alpha value is -1.21. The first-order valence-corrected chi connectivity index (χ1v) is 6.68. The number of hydrogen-bond donors (Lipinski definition) is 4. The van der Waals surface area contributed by atoms with E-state index in [1.54, 1.807) is 6.07 Å². The van der Waals surface area contributed by atoms with Crippen molar-refractivity contribution in [1.82, 2.24) is 9.97 Å². The Morgan fingerprint density at radius 2 is 2.06 bits per heavy atom. The van der Waals surface area contributed by atoms with Crippen molar-refractivity contribution in [3.8, 4) is 0 Å². The molecule has 0 aliphatic heterocycles. The molecule has 0 bridgehead atoms. The van der Waals surface area contributed by atoms with Crippen LogP contribution in [0, 0.1) is 0 Å². The second-order valence-corrected chi connectivity index (χ2v) is 5.04. The molecule has 0 aliphatic rings. The van der Waals surface area contributed by atoms with Crippen molar-refractivity contribution < 1.29 is 19.1 Å². The van der Waals surface area contributed by atoms with Crippen molar-refractivity contribution in [2.24, 2.45) is 0 Å². The Kier molecular flexibility index (Phi) is 4.83. The van der Waals surface area contributed by atoms with Gasteiger partial charge in [-0.2, -0.15) is 4.98 Å². The highest BCUT2D eigenvalue weighted by Gasteiger charge is 2.12. The Bertz CT molecular complexity index is 402. The number of hydrogen-bond acceptors (Lipinski definition) is 6. The highest BCUT2D eigenvalue weighted by atomic mass is 31.2. The summed E-state index contributed by atoms with van der Waals surface area (Å²) in [6.07, 6.45) is 0.551. The lowest BCUT2D eigenvalue weighted by atomic mass is 10.2. The van der Waals surface area contributed by atoms with Gasteiger partial charge in [0.1, 0.15) is 12.2 Å². The fourth-order valence-corrected chi connectivity index (χ4v) is 1.57. The van der Waals surface area contributed by atoms with E-state index in [9.17, 15) is 4.57 Å². The largest absolute Gasteiger partial charge is 0.384 e. The highest BCUT2D eigenvalue weighted by Crippen LogP contribution is 2.33. The number of nitrogens with two attached hydrogens (primary N) is 2. The second kappa shape index (κ2) is 5.92. The number of anilines is 2. The van der Waals surface area contributed by atoms with Crippen LogP contribution in [0.15, 0.2) is 6.07 Å². The standard InChI is InChI=1S/C8H15N4O4P/c9-7-4-6(11-8(10)12-7)2-1-3-16-5-17(13,14)15/h4H,1-3,5H2,(H2,13,14,15)(H4,9,10,11,12). The van der Waals surface area contributed by atoms with Crippen LogP contribution in [0.25, 0.3) is 0 Å². The molecule has 0 spiro atoms. The van der Waals surface area contributed by atoms with E-state index in [2.05, 4.69) is 9.97 Å². The lowest BCUT2D eigenvalue weighted by molar-refractivity contribution is 0.154. The smallest absolute Gasteiger partial charge is 0.350 e. The predicted octanol–water partition coefficient (Wildman–Crippen LogP) is -0.275. The molecule has 1 rings (SSSR count). The summed E-state index contributed by atoms with van der Waals surface area (Å²) in [5.74, 6) is 0.403. The summed E-state index contributed by atoms with van der Waals surface area (Å²) >= 11 is 0. The Morgan fingerprint density at radius 1 is 1.35 bits per heavy atom. The lowest BCUT2D eigenvalue weighted by Crippen LogP contribution is -2.04. The van der Waals surface area contributed by atoms with Gasteiger partial charge in [0.2, 0.25) is 5.95 Å². The molecule has 1 heterocycles. The summed E-state index contributed by atoms with van der Waals surface area (Å²) in [5.41, 5.74) is 11.6. The van der Waals surface area contributed by atoms with Gasteiger partial charge in [-0.05, 0) is 12.8 Å². The molecule has 0 fully saturated rings. The van der Waals surface area contributed by atoms with Gasteiger partial charge in [0, 0.05) is 18.4 Å². The van der Waals surface area contributed by atoms with Crippen LogP contribution in [-0.2, 0) is 15.7 Å². The Labute approximate surface area is 98.2 Å². The van der Waals surface area contributed by atoms with Crippen LogP contribution < -0.4 is 11.5 Å².